The minimum absolute atomic E-state index is 0.683. The summed E-state index contributed by atoms with van der Waals surface area (Å²) in [5, 5.41) is 14.3. The minimum Gasteiger partial charge on any atom is -0.453 e. The fraction of sp³-hybridized carbons (Fsp3) is 0.0310. The largest absolute Gasteiger partial charge is 0.453 e. The molecule has 6 nitrogen and oxygen atoms in total. The lowest BCUT2D eigenvalue weighted by atomic mass is 9.95. The molecule has 1 aromatic heterocycles. The molecule has 24 rings (SSSR count). The molecule has 0 saturated carbocycles. The molecule has 2 aliphatic rings. The Balaban J connectivity index is 0.000000109. The topological polar surface area (TPSA) is 47.7 Å². The number of rotatable bonds is 13. The quantitative estimate of drug-likeness (QED) is 0.115. The maximum atomic E-state index is 9.10. The predicted molar refractivity (Wildman–Crippen MR) is 568 cm³/mol. The van der Waals surface area contributed by atoms with Crippen molar-refractivity contribution >= 4 is 83.8 Å². The maximum absolute atomic E-state index is 9.10. The second kappa shape index (κ2) is 37.8. The van der Waals surface area contributed by atoms with E-state index in [1.807, 2.05) is 54.6 Å². The highest BCUT2D eigenvalue weighted by Gasteiger charge is 2.31. The molecule has 0 atom stereocenters. The molecule has 6 heteroatoms. The molecule has 0 radical (unpaired) electrons. The number of fused-ring (bicyclic) bond motifs is 9. The number of hydrogen-bond acceptors (Lipinski definition) is 5. The first-order chi connectivity index (χ1) is 66.5. The van der Waals surface area contributed by atoms with Gasteiger partial charge in [0.2, 0.25) is 0 Å². The molecule has 642 valence electrons. The zero-order valence-corrected chi connectivity index (χ0v) is 75.6. The van der Waals surface area contributed by atoms with Crippen molar-refractivity contribution < 1.29 is 4.74 Å². The summed E-state index contributed by atoms with van der Waals surface area (Å²) in [6, 6.07) is 181. The molecule has 21 aromatic carbocycles. The first-order valence-corrected chi connectivity index (χ1v) is 46.0. The summed E-state index contributed by atoms with van der Waals surface area (Å²) in [4.78, 5) is 7.01. The summed E-state index contributed by atoms with van der Waals surface area (Å²) in [6.45, 7) is 8.65. The van der Waals surface area contributed by atoms with Crippen LogP contribution in [-0.4, -0.2) is 4.57 Å². The van der Waals surface area contributed by atoms with Gasteiger partial charge in [-0.25, -0.2) is 0 Å². The number of anilines is 9. The molecule has 0 aliphatic carbocycles. The van der Waals surface area contributed by atoms with Crippen LogP contribution < -0.4 is 19.4 Å². The fourth-order valence-electron chi connectivity index (χ4n) is 19.1. The summed E-state index contributed by atoms with van der Waals surface area (Å²) in [5.41, 5.74) is 41.3. The van der Waals surface area contributed by atoms with Gasteiger partial charge in [0.05, 0.1) is 56.8 Å². The van der Waals surface area contributed by atoms with E-state index in [0.29, 0.717) is 5.56 Å². The van der Waals surface area contributed by atoms with E-state index in [-0.39, 0.29) is 0 Å². The molecule has 0 unspecified atom stereocenters. The molecule has 0 fully saturated rings. The number of aromatic nitrogens is 1. The Kier molecular flexibility index (Phi) is 23.6. The summed E-state index contributed by atoms with van der Waals surface area (Å²) >= 11 is 0. The average Bonchev–Trinajstić information content (AvgIpc) is 1.72. The van der Waals surface area contributed by atoms with E-state index >= 15 is 0 Å². The Morgan fingerprint density at radius 2 is 0.489 bits per heavy atom. The lowest BCUT2D eigenvalue weighted by Gasteiger charge is -2.40. The molecule has 0 bridgehead atoms. The van der Waals surface area contributed by atoms with Gasteiger partial charge in [0.25, 0.3) is 0 Å². The molecule has 2 aliphatic heterocycles. The van der Waals surface area contributed by atoms with Crippen molar-refractivity contribution in [1.29, 1.82) is 5.26 Å². The highest BCUT2D eigenvalue weighted by atomic mass is 16.5. The summed E-state index contributed by atoms with van der Waals surface area (Å²) < 4.78 is 8.59. The summed E-state index contributed by atoms with van der Waals surface area (Å²) in [7, 11) is 0. The van der Waals surface area contributed by atoms with Crippen LogP contribution in [0.1, 0.15) is 27.8 Å². The molecular weight excluding hydrogens is 1640 g/mol. The lowest BCUT2D eigenvalue weighted by molar-refractivity contribution is 0.477. The maximum Gasteiger partial charge on any atom is 0.151 e. The van der Waals surface area contributed by atoms with E-state index in [1.165, 1.54) is 150 Å². The van der Waals surface area contributed by atoms with Gasteiger partial charge in [-0.1, -0.05) is 358 Å². The lowest BCUT2D eigenvalue weighted by Crippen LogP contribution is -2.23. The van der Waals surface area contributed by atoms with Gasteiger partial charge >= 0.3 is 0 Å². The summed E-state index contributed by atoms with van der Waals surface area (Å²) in [6.07, 6.45) is 0. The summed E-state index contributed by atoms with van der Waals surface area (Å²) in [5.74, 6) is 1.73. The van der Waals surface area contributed by atoms with E-state index in [0.717, 1.165) is 73.8 Å². The van der Waals surface area contributed by atoms with Crippen LogP contribution in [0.3, 0.4) is 0 Å². The van der Waals surface area contributed by atoms with E-state index in [4.69, 9.17) is 10.00 Å². The highest BCUT2D eigenvalue weighted by molar-refractivity contribution is 6.21. The first kappa shape index (κ1) is 84.2. The zero-order chi connectivity index (χ0) is 91.1. The zero-order valence-electron chi connectivity index (χ0n) is 75.6. The van der Waals surface area contributed by atoms with Crippen molar-refractivity contribution in [2.45, 2.75) is 27.7 Å². The van der Waals surface area contributed by atoms with E-state index < -0.39 is 0 Å². The third-order valence-corrected chi connectivity index (χ3v) is 25.4. The van der Waals surface area contributed by atoms with E-state index in [2.05, 4.69) is 502 Å². The van der Waals surface area contributed by atoms with Gasteiger partial charge in [0.1, 0.15) is 0 Å². The fourth-order valence-corrected chi connectivity index (χ4v) is 19.1. The number of ether oxygens (including phenoxy) is 1. The van der Waals surface area contributed by atoms with Crippen LogP contribution in [0.25, 0.3) is 138 Å². The number of benzene rings is 21. The second-order valence-electron chi connectivity index (χ2n) is 34.6. The predicted octanol–water partition coefficient (Wildman–Crippen LogP) is 35.9. The molecule has 3 heterocycles. The number of para-hydroxylation sites is 10. The first-order valence-electron chi connectivity index (χ1n) is 46.0. The molecule has 0 N–H and O–H groups in total. The molecular formula is C129H95N5O. The number of hydrogen-bond donors (Lipinski definition) is 0. The van der Waals surface area contributed by atoms with Crippen LogP contribution in [0.5, 0.6) is 11.5 Å². The van der Waals surface area contributed by atoms with Gasteiger partial charge in [-0.15, -0.1) is 0 Å². The van der Waals surface area contributed by atoms with Gasteiger partial charge in [-0.05, 0) is 306 Å². The Labute approximate surface area is 790 Å². The van der Waals surface area contributed by atoms with Gasteiger partial charge in [-0.3, -0.25) is 0 Å². The number of nitrogens with zero attached hydrogens (tertiary/aromatic N) is 5. The van der Waals surface area contributed by atoms with Crippen LogP contribution in [0.4, 0.5) is 51.2 Å². The molecule has 0 saturated heterocycles. The average molecular weight is 1730 g/mol. The van der Waals surface area contributed by atoms with E-state index in [1.54, 1.807) is 0 Å². The van der Waals surface area contributed by atoms with Crippen molar-refractivity contribution in [3.8, 4) is 123 Å². The van der Waals surface area contributed by atoms with Crippen molar-refractivity contribution in [2.75, 3.05) is 14.7 Å². The Morgan fingerprint density at radius 3 is 0.926 bits per heavy atom. The van der Waals surface area contributed by atoms with Crippen molar-refractivity contribution in [2.24, 2.45) is 0 Å². The second-order valence-corrected chi connectivity index (χ2v) is 34.6. The Morgan fingerprint density at radius 1 is 0.193 bits per heavy atom. The molecule has 22 aromatic rings. The smallest absolute Gasteiger partial charge is 0.151 e. The standard InChI is InChI=1S/C37H28N2.C35H25N.C31H23NO.C26H19N/c1-27-24-30(28-12-4-2-5-13-28)26-31(25-27)29-20-22-33(23-21-29)39-36-18-10-8-16-34(36)38(32-14-6-3-7-15-32)35-17-9-11-19-37(35)39;1-24-20-28(25-10-3-2-4-11-25)22-29(21-24)27-13-9-14-30(23-27)36-33-17-8-7-16-32(33)35-31-15-6-5-12-26(31)18-19-34(35)36;1-22-18-25(23-10-3-2-4-11-23)20-26(19-22)24-12-9-13-27(21-24)32-28-14-5-7-16-30(28)33-31-17-8-6-15-29(31)32;1-19-14-25(21-7-3-2-4-8-21)17-26(15-19)23-12-10-22(11-13-23)24-9-5-6-20(16-24)18-27/h2-26H,1H3;2-23H,1H3;2-21H,1H3;2-17H,1H3. The van der Waals surface area contributed by atoms with Gasteiger partial charge in [0.15, 0.2) is 11.5 Å². The van der Waals surface area contributed by atoms with Crippen molar-refractivity contribution in [3.63, 3.8) is 0 Å². The van der Waals surface area contributed by atoms with Crippen molar-refractivity contribution in [3.05, 3.63) is 531 Å². The third-order valence-electron chi connectivity index (χ3n) is 25.4. The van der Waals surface area contributed by atoms with E-state index in [9.17, 15) is 0 Å². The third kappa shape index (κ3) is 17.7. The molecule has 0 amide bonds. The van der Waals surface area contributed by atoms with Gasteiger partial charge in [-0.2, -0.15) is 5.26 Å². The minimum atomic E-state index is 0.683. The SMILES string of the molecule is Cc1cc(-c2ccccc2)cc(-c2ccc(-c3cccc(C#N)c3)cc2)c1.Cc1cc(-c2ccccc2)cc(-c2ccc(N3c4ccccc4N(c4ccccc4)c4ccccc43)cc2)c1.Cc1cc(-c2ccccc2)cc(-c2cccc(-n3c4ccccc4c4c5ccccc5ccc43)c2)c1.Cc1cc(-c2ccccc2)cc(-c2cccc(N3c4ccccc4Oc4ccccc43)c2)c1. The van der Waals surface area contributed by atoms with Crippen LogP contribution in [-0.2, 0) is 0 Å². The Bertz CT molecular complexity index is 8030. The van der Waals surface area contributed by atoms with Crippen molar-refractivity contribution in [1.82, 2.24) is 4.57 Å². The van der Waals surface area contributed by atoms with Crippen LogP contribution >= 0.6 is 0 Å². The normalized spacial score (nSPS) is 11.6. The number of aryl methyl sites for hydroxylation is 4. The Hall–Kier alpha value is -17.6. The van der Waals surface area contributed by atoms with Gasteiger partial charge < -0.3 is 24.0 Å². The molecule has 0 spiro atoms. The monoisotopic (exact) mass is 1730 g/mol. The van der Waals surface area contributed by atoms with Crippen LogP contribution in [0.2, 0.25) is 0 Å². The number of nitriles is 1. The van der Waals surface area contributed by atoms with Crippen LogP contribution in [0, 0.1) is 39.0 Å². The van der Waals surface area contributed by atoms with Gasteiger partial charge in [0, 0.05) is 33.5 Å². The highest BCUT2D eigenvalue weighted by Crippen LogP contribution is 2.55. The molecule has 135 heavy (non-hydrogen) atoms. The van der Waals surface area contributed by atoms with Crippen LogP contribution in [0.15, 0.2) is 504 Å².